The molecule has 2 aromatic rings. The molecule has 6 heteroatoms. The maximum atomic E-state index is 11.8. The van der Waals surface area contributed by atoms with Gasteiger partial charge in [0, 0.05) is 12.6 Å². The molecule has 0 radical (unpaired) electrons. The molecule has 1 N–H and O–H groups in total. The zero-order valence-corrected chi connectivity index (χ0v) is 11.0. The van der Waals surface area contributed by atoms with Crippen molar-refractivity contribution in [3.05, 3.63) is 34.7 Å². The van der Waals surface area contributed by atoms with E-state index in [1.54, 1.807) is 6.20 Å². The highest BCUT2D eigenvalue weighted by molar-refractivity contribution is 9.10. The molecule has 0 spiro atoms. The minimum atomic E-state index is -0.313. The minimum Gasteiger partial charge on any atom is -0.302 e. The number of hydrogen-bond donors (Lipinski definition) is 1. The number of rotatable bonds is 1. The van der Waals surface area contributed by atoms with Crippen LogP contribution in [0, 0.1) is 0 Å². The standard InChI is InChI=1S/C12H10BrN3O2/c13-8-2-1-5-16-9(6-14-11(8)16)7-3-4-10(17)15-12(7)18/h1-2,5-7H,3-4H2,(H,15,17,18). The lowest BCUT2D eigenvalue weighted by molar-refractivity contribution is -0.134. The first-order chi connectivity index (χ1) is 8.66. The largest absolute Gasteiger partial charge is 0.302 e. The molecule has 92 valence electrons. The van der Waals surface area contributed by atoms with E-state index in [2.05, 4.69) is 26.2 Å². The average molecular weight is 308 g/mol. The van der Waals surface area contributed by atoms with Crippen molar-refractivity contribution in [2.24, 2.45) is 0 Å². The van der Waals surface area contributed by atoms with Gasteiger partial charge in [-0.15, -0.1) is 0 Å². The van der Waals surface area contributed by atoms with Gasteiger partial charge in [0.1, 0.15) is 0 Å². The molecule has 2 amide bonds. The predicted molar refractivity (Wildman–Crippen MR) is 68.0 cm³/mol. The summed E-state index contributed by atoms with van der Waals surface area (Å²) in [5, 5.41) is 2.37. The van der Waals surface area contributed by atoms with Crippen LogP contribution in [0.2, 0.25) is 0 Å². The van der Waals surface area contributed by atoms with Gasteiger partial charge in [-0.05, 0) is 34.5 Å². The number of halogens is 1. The summed E-state index contributed by atoms with van der Waals surface area (Å²) in [6, 6.07) is 3.78. The molecule has 1 atom stereocenters. The highest BCUT2D eigenvalue weighted by Gasteiger charge is 2.30. The van der Waals surface area contributed by atoms with Crippen LogP contribution in [0.5, 0.6) is 0 Å². The number of imide groups is 1. The summed E-state index contributed by atoms with van der Waals surface area (Å²) in [6.07, 6.45) is 4.47. The van der Waals surface area contributed by atoms with E-state index < -0.39 is 0 Å². The second-order valence-corrected chi connectivity index (χ2v) is 5.09. The molecule has 5 nitrogen and oxygen atoms in total. The third kappa shape index (κ3) is 1.73. The highest BCUT2D eigenvalue weighted by Crippen LogP contribution is 2.27. The number of amides is 2. The van der Waals surface area contributed by atoms with E-state index in [0.717, 1.165) is 15.8 Å². The Labute approximate surface area is 111 Å². The lowest BCUT2D eigenvalue weighted by atomic mass is 9.95. The van der Waals surface area contributed by atoms with Gasteiger partial charge in [-0.1, -0.05) is 0 Å². The summed E-state index contributed by atoms with van der Waals surface area (Å²) >= 11 is 3.42. The number of hydrogen-bond acceptors (Lipinski definition) is 3. The fourth-order valence-electron chi connectivity index (χ4n) is 2.23. The Hall–Kier alpha value is -1.69. The van der Waals surface area contributed by atoms with Crippen molar-refractivity contribution in [3.63, 3.8) is 0 Å². The number of imidazole rings is 1. The average Bonchev–Trinajstić information content (AvgIpc) is 2.74. The lowest BCUT2D eigenvalue weighted by Crippen LogP contribution is -2.39. The van der Waals surface area contributed by atoms with E-state index in [1.807, 2.05) is 22.7 Å². The molecule has 1 aliphatic heterocycles. The summed E-state index contributed by atoms with van der Waals surface area (Å²) in [4.78, 5) is 27.3. The molecule has 0 bridgehead atoms. The van der Waals surface area contributed by atoms with Gasteiger partial charge in [0.25, 0.3) is 0 Å². The zero-order chi connectivity index (χ0) is 12.7. The van der Waals surface area contributed by atoms with Gasteiger partial charge in [0.05, 0.1) is 22.3 Å². The van der Waals surface area contributed by atoms with Gasteiger partial charge in [-0.3, -0.25) is 14.9 Å². The molecule has 1 saturated heterocycles. The first kappa shape index (κ1) is 11.4. The number of nitrogens with one attached hydrogen (secondary N) is 1. The molecule has 0 aromatic carbocycles. The summed E-state index contributed by atoms with van der Waals surface area (Å²) in [6.45, 7) is 0. The molecule has 18 heavy (non-hydrogen) atoms. The fraction of sp³-hybridized carbons (Fsp3) is 0.250. The topological polar surface area (TPSA) is 63.5 Å². The number of nitrogens with zero attached hydrogens (tertiary/aromatic N) is 2. The molecule has 0 aliphatic carbocycles. The van der Waals surface area contributed by atoms with Crippen LogP contribution in [0.1, 0.15) is 24.5 Å². The van der Waals surface area contributed by atoms with E-state index >= 15 is 0 Å². The van der Waals surface area contributed by atoms with Crippen LogP contribution in [-0.4, -0.2) is 21.2 Å². The smallest absolute Gasteiger partial charge is 0.235 e. The second kappa shape index (κ2) is 4.20. The number of carbonyl (C=O) groups excluding carboxylic acids is 2. The van der Waals surface area contributed by atoms with E-state index in [0.29, 0.717) is 12.8 Å². The number of aromatic nitrogens is 2. The van der Waals surface area contributed by atoms with Gasteiger partial charge in [0.15, 0.2) is 5.65 Å². The van der Waals surface area contributed by atoms with Crippen LogP contribution < -0.4 is 5.32 Å². The lowest BCUT2D eigenvalue weighted by Gasteiger charge is -2.20. The van der Waals surface area contributed by atoms with Crippen molar-refractivity contribution in [1.82, 2.24) is 14.7 Å². The van der Waals surface area contributed by atoms with E-state index in [-0.39, 0.29) is 17.7 Å². The number of carbonyl (C=O) groups is 2. The van der Waals surface area contributed by atoms with Crippen LogP contribution in [0.15, 0.2) is 29.0 Å². The summed E-state index contributed by atoms with van der Waals surface area (Å²) in [5.74, 6) is -0.758. The normalized spacial score (nSPS) is 20.2. The third-order valence-electron chi connectivity index (χ3n) is 3.11. The van der Waals surface area contributed by atoms with Crippen LogP contribution in [0.4, 0.5) is 0 Å². The molecule has 3 rings (SSSR count). The van der Waals surface area contributed by atoms with Crippen molar-refractivity contribution in [2.45, 2.75) is 18.8 Å². The van der Waals surface area contributed by atoms with Gasteiger partial charge in [-0.25, -0.2) is 4.98 Å². The molecule has 1 unspecified atom stereocenters. The summed E-state index contributed by atoms with van der Waals surface area (Å²) in [5.41, 5.74) is 1.59. The maximum Gasteiger partial charge on any atom is 0.235 e. The number of fused-ring (bicyclic) bond motifs is 1. The molecular formula is C12H10BrN3O2. The molecule has 0 saturated carbocycles. The highest BCUT2D eigenvalue weighted by atomic mass is 79.9. The quantitative estimate of drug-likeness (QED) is 0.814. The van der Waals surface area contributed by atoms with Crippen LogP contribution in [0.25, 0.3) is 5.65 Å². The Bertz CT molecular complexity index is 650. The Morgan fingerprint density at radius 3 is 3.06 bits per heavy atom. The number of pyridine rings is 1. The van der Waals surface area contributed by atoms with Gasteiger partial charge >= 0.3 is 0 Å². The van der Waals surface area contributed by atoms with Gasteiger partial charge < -0.3 is 4.40 Å². The minimum absolute atomic E-state index is 0.203. The fourth-order valence-corrected chi connectivity index (χ4v) is 2.68. The van der Waals surface area contributed by atoms with Crippen LogP contribution in [-0.2, 0) is 9.59 Å². The van der Waals surface area contributed by atoms with Gasteiger partial charge in [0.2, 0.25) is 11.8 Å². The van der Waals surface area contributed by atoms with Crippen molar-refractivity contribution in [3.8, 4) is 0 Å². The monoisotopic (exact) mass is 307 g/mol. The van der Waals surface area contributed by atoms with E-state index in [4.69, 9.17) is 0 Å². The zero-order valence-electron chi connectivity index (χ0n) is 9.39. The third-order valence-corrected chi connectivity index (χ3v) is 3.73. The maximum absolute atomic E-state index is 11.8. The van der Waals surface area contributed by atoms with Crippen LogP contribution >= 0.6 is 15.9 Å². The predicted octanol–water partition coefficient (Wildman–Crippen LogP) is 1.62. The Balaban J connectivity index is 2.07. The van der Waals surface area contributed by atoms with Gasteiger partial charge in [-0.2, -0.15) is 0 Å². The molecule has 1 aliphatic rings. The summed E-state index contributed by atoms with van der Waals surface area (Å²) < 4.78 is 2.76. The molecule has 1 fully saturated rings. The Kier molecular flexibility index (Phi) is 2.66. The SMILES string of the molecule is O=C1CCC(c2cnc3c(Br)cccn23)C(=O)N1. The Morgan fingerprint density at radius 1 is 1.44 bits per heavy atom. The summed E-state index contributed by atoms with van der Waals surface area (Å²) in [7, 11) is 0. The molecule has 3 heterocycles. The molecular weight excluding hydrogens is 298 g/mol. The molecule has 2 aromatic heterocycles. The first-order valence-electron chi connectivity index (χ1n) is 5.62. The number of piperidine rings is 1. The van der Waals surface area contributed by atoms with Crippen molar-refractivity contribution < 1.29 is 9.59 Å². The second-order valence-electron chi connectivity index (χ2n) is 4.24. The Morgan fingerprint density at radius 2 is 2.28 bits per heavy atom. The van der Waals surface area contributed by atoms with Crippen LogP contribution in [0.3, 0.4) is 0 Å². The van der Waals surface area contributed by atoms with Crippen molar-refractivity contribution in [1.29, 1.82) is 0 Å². The van der Waals surface area contributed by atoms with E-state index in [1.165, 1.54) is 0 Å². The first-order valence-corrected chi connectivity index (χ1v) is 6.41. The van der Waals surface area contributed by atoms with Crippen molar-refractivity contribution >= 4 is 33.4 Å². The van der Waals surface area contributed by atoms with Crippen molar-refractivity contribution in [2.75, 3.05) is 0 Å². The van der Waals surface area contributed by atoms with E-state index in [9.17, 15) is 9.59 Å².